The molecule has 0 saturated carbocycles. The van der Waals surface area contributed by atoms with Crippen LogP contribution in [0, 0.1) is 5.82 Å². The van der Waals surface area contributed by atoms with E-state index in [-0.39, 0.29) is 23.7 Å². The van der Waals surface area contributed by atoms with Crippen molar-refractivity contribution in [1.82, 2.24) is 0 Å². The molecule has 0 aliphatic carbocycles. The first kappa shape index (κ1) is 10.5. The molecular weight excluding hydrogens is 187 g/mol. The van der Waals surface area contributed by atoms with Crippen LogP contribution in [-0.4, -0.2) is 18.0 Å². The van der Waals surface area contributed by atoms with E-state index >= 15 is 0 Å². The highest BCUT2D eigenvalue weighted by Gasteiger charge is 2.12. The van der Waals surface area contributed by atoms with Crippen LogP contribution in [0.1, 0.15) is 12.5 Å². The number of hydrogen-bond donors (Lipinski definition) is 1. The SMILES string of the molecule is COc1cc(F)cc(O)c1CC(C)=O. The number of rotatable bonds is 3. The lowest BCUT2D eigenvalue weighted by Crippen LogP contribution is -2.00. The van der Waals surface area contributed by atoms with Crippen LogP contribution in [0.4, 0.5) is 4.39 Å². The number of benzene rings is 1. The van der Waals surface area contributed by atoms with Crippen LogP contribution in [0.15, 0.2) is 12.1 Å². The molecule has 0 heterocycles. The summed E-state index contributed by atoms with van der Waals surface area (Å²) in [6.07, 6.45) is 0.0370. The van der Waals surface area contributed by atoms with Crippen molar-refractivity contribution in [3.8, 4) is 11.5 Å². The van der Waals surface area contributed by atoms with Crippen LogP contribution >= 0.6 is 0 Å². The largest absolute Gasteiger partial charge is 0.507 e. The van der Waals surface area contributed by atoms with E-state index < -0.39 is 5.82 Å². The van der Waals surface area contributed by atoms with Crippen molar-refractivity contribution < 1.29 is 19.0 Å². The molecule has 4 heteroatoms. The van der Waals surface area contributed by atoms with Gasteiger partial charge in [0.15, 0.2) is 0 Å². The molecule has 0 aromatic heterocycles. The number of aromatic hydroxyl groups is 1. The Morgan fingerprint density at radius 3 is 2.71 bits per heavy atom. The number of Topliss-reactive ketones (excluding diaryl/α,β-unsaturated/α-hetero) is 1. The van der Waals surface area contributed by atoms with E-state index in [1.54, 1.807) is 0 Å². The number of hydrogen-bond acceptors (Lipinski definition) is 3. The molecule has 0 aliphatic heterocycles. The molecule has 0 bridgehead atoms. The van der Waals surface area contributed by atoms with Crippen molar-refractivity contribution >= 4 is 5.78 Å². The molecule has 0 aliphatic rings. The highest BCUT2D eigenvalue weighted by Crippen LogP contribution is 2.29. The zero-order chi connectivity index (χ0) is 10.7. The Morgan fingerprint density at radius 1 is 1.57 bits per heavy atom. The van der Waals surface area contributed by atoms with Crippen molar-refractivity contribution in [1.29, 1.82) is 0 Å². The van der Waals surface area contributed by atoms with Crippen molar-refractivity contribution in [2.45, 2.75) is 13.3 Å². The topological polar surface area (TPSA) is 46.5 Å². The summed E-state index contributed by atoms with van der Waals surface area (Å²) in [6.45, 7) is 1.39. The van der Waals surface area contributed by atoms with E-state index in [4.69, 9.17) is 4.74 Å². The van der Waals surface area contributed by atoms with Gasteiger partial charge in [-0.25, -0.2) is 4.39 Å². The number of methoxy groups -OCH3 is 1. The molecule has 0 spiro atoms. The van der Waals surface area contributed by atoms with Crippen molar-refractivity contribution in [2.75, 3.05) is 7.11 Å². The summed E-state index contributed by atoms with van der Waals surface area (Å²) >= 11 is 0. The standard InChI is InChI=1S/C10H11FO3/c1-6(12)3-8-9(13)4-7(11)5-10(8)14-2/h4-5,13H,3H2,1-2H3. The Hall–Kier alpha value is -1.58. The first-order valence-electron chi connectivity index (χ1n) is 4.09. The van der Waals surface area contributed by atoms with Gasteiger partial charge in [-0.1, -0.05) is 0 Å². The normalized spacial score (nSPS) is 9.93. The third-order valence-corrected chi connectivity index (χ3v) is 1.80. The molecule has 3 nitrogen and oxygen atoms in total. The van der Waals surface area contributed by atoms with E-state index in [1.807, 2.05) is 0 Å². The summed E-state index contributed by atoms with van der Waals surface area (Å²) in [5.41, 5.74) is 0.321. The fraction of sp³-hybridized carbons (Fsp3) is 0.300. The smallest absolute Gasteiger partial charge is 0.134 e. The summed E-state index contributed by atoms with van der Waals surface area (Å²) in [5.74, 6) is -0.772. The molecule has 1 rings (SSSR count). The van der Waals surface area contributed by atoms with Gasteiger partial charge in [0.2, 0.25) is 0 Å². The third-order valence-electron chi connectivity index (χ3n) is 1.80. The minimum Gasteiger partial charge on any atom is -0.507 e. The fourth-order valence-corrected chi connectivity index (χ4v) is 1.21. The second-order valence-electron chi connectivity index (χ2n) is 2.98. The molecular formula is C10H11FO3. The molecule has 0 atom stereocenters. The summed E-state index contributed by atoms with van der Waals surface area (Å²) in [7, 11) is 1.36. The lowest BCUT2D eigenvalue weighted by Gasteiger charge is -2.08. The second-order valence-corrected chi connectivity index (χ2v) is 2.98. The highest BCUT2D eigenvalue weighted by atomic mass is 19.1. The van der Waals surface area contributed by atoms with E-state index in [1.165, 1.54) is 14.0 Å². The maximum Gasteiger partial charge on any atom is 0.134 e. The zero-order valence-electron chi connectivity index (χ0n) is 8.00. The molecule has 1 N–H and O–H groups in total. The number of carbonyl (C=O) groups is 1. The average Bonchev–Trinajstić information content (AvgIpc) is 2.08. The Labute approximate surface area is 81.1 Å². The van der Waals surface area contributed by atoms with E-state index in [9.17, 15) is 14.3 Å². The van der Waals surface area contributed by atoms with Crippen LogP contribution < -0.4 is 4.74 Å². The van der Waals surface area contributed by atoms with Gasteiger partial charge in [0.25, 0.3) is 0 Å². The van der Waals surface area contributed by atoms with Gasteiger partial charge in [0.05, 0.1) is 7.11 Å². The molecule has 14 heavy (non-hydrogen) atoms. The van der Waals surface area contributed by atoms with Crippen LogP contribution in [0.5, 0.6) is 11.5 Å². The lowest BCUT2D eigenvalue weighted by molar-refractivity contribution is -0.116. The first-order valence-corrected chi connectivity index (χ1v) is 4.09. The van der Waals surface area contributed by atoms with Gasteiger partial charge in [0.1, 0.15) is 23.1 Å². The predicted molar refractivity (Wildman–Crippen MR) is 49.0 cm³/mol. The molecule has 0 unspecified atom stereocenters. The quantitative estimate of drug-likeness (QED) is 0.803. The summed E-state index contributed by atoms with van der Waals surface area (Å²) in [6, 6.07) is 2.10. The summed E-state index contributed by atoms with van der Waals surface area (Å²) < 4.78 is 17.7. The highest BCUT2D eigenvalue weighted by molar-refractivity contribution is 5.79. The van der Waals surface area contributed by atoms with Gasteiger partial charge in [-0.15, -0.1) is 0 Å². The van der Waals surface area contributed by atoms with Crippen LogP contribution in [-0.2, 0) is 11.2 Å². The maximum atomic E-state index is 12.8. The number of phenolic OH excluding ortho intramolecular Hbond substituents is 1. The number of halogens is 1. The second kappa shape index (κ2) is 4.09. The molecule has 0 amide bonds. The average molecular weight is 198 g/mol. The Balaban J connectivity index is 3.18. The van der Waals surface area contributed by atoms with Gasteiger partial charge in [0, 0.05) is 24.1 Å². The van der Waals surface area contributed by atoms with E-state index in [0.717, 1.165) is 12.1 Å². The van der Waals surface area contributed by atoms with Gasteiger partial charge >= 0.3 is 0 Å². The molecule has 0 fully saturated rings. The lowest BCUT2D eigenvalue weighted by atomic mass is 10.1. The predicted octanol–water partition coefficient (Wildman–Crippen LogP) is 1.67. The van der Waals surface area contributed by atoms with Crippen molar-refractivity contribution in [2.24, 2.45) is 0 Å². The fourth-order valence-electron chi connectivity index (χ4n) is 1.21. The van der Waals surface area contributed by atoms with Gasteiger partial charge in [-0.05, 0) is 6.92 Å². The minimum atomic E-state index is -0.591. The Bertz CT molecular complexity index is 361. The third kappa shape index (κ3) is 2.22. The van der Waals surface area contributed by atoms with Gasteiger partial charge < -0.3 is 9.84 Å². The summed E-state index contributed by atoms with van der Waals surface area (Å²) in [5, 5.41) is 9.38. The van der Waals surface area contributed by atoms with Crippen LogP contribution in [0.3, 0.4) is 0 Å². The van der Waals surface area contributed by atoms with Crippen LogP contribution in [0.2, 0.25) is 0 Å². The molecule has 1 aromatic carbocycles. The molecule has 1 aromatic rings. The number of ketones is 1. The van der Waals surface area contributed by atoms with Gasteiger partial charge in [-0.3, -0.25) is 4.79 Å². The first-order chi connectivity index (χ1) is 6.54. The number of phenols is 1. The minimum absolute atomic E-state index is 0.0370. The zero-order valence-corrected chi connectivity index (χ0v) is 8.00. The van der Waals surface area contributed by atoms with Crippen molar-refractivity contribution in [3.05, 3.63) is 23.5 Å². The van der Waals surface area contributed by atoms with E-state index in [2.05, 4.69) is 0 Å². The van der Waals surface area contributed by atoms with Crippen molar-refractivity contribution in [3.63, 3.8) is 0 Å². The summed E-state index contributed by atoms with van der Waals surface area (Å²) in [4.78, 5) is 10.9. The van der Waals surface area contributed by atoms with Gasteiger partial charge in [-0.2, -0.15) is 0 Å². The number of ether oxygens (including phenoxy) is 1. The Morgan fingerprint density at radius 2 is 2.21 bits per heavy atom. The molecule has 76 valence electrons. The number of carbonyl (C=O) groups excluding carboxylic acids is 1. The Kier molecular flexibility index (Phi) is 3.06. The van der Waals surface area contributed by atoms with E-state index in [0.29, 0.717) is 5.56 Å². The molecule has 0 radical (unpaired) electrons. The van der Waals surface area contributed by atoms with Crippen LogP contribution in [0.25, 0.3) is 0 Å². The maximum absolute atomic E-state index is 12.8. The monoisotopic (exact) mass is 198 g/mol. The molecule has 0 saturated heterocycles.